The first-order valence-corrected chi connectivity index (χ1v) is 15.5. The molecular weight excluding hydrogens is 460 g/mol. The van der Waals surface area contributed by atoms with Crippen LogP contribution in [-0.2, 0) is 11.2 Å². The van der Waals surface area contributed by atoms with Gasteiger partial charge < -0.3 is 14.6 Å². The Balaban J connectivity index is 1.45. The zero-order valence-electron chi connectivity index (χ0n) is 22.1. The average molecular weight is 503 g/mol. The Morgan fingerprint density at radius 3 is 1.89 bits per heavy atom. The van der Waals surface area contributed by atoms with Crippen LogP contribution in [0.1, 0.15) is 70.1 Å². The molecule has 0 unspecified atom stereocenters. The predicted molar refractivity (Wildman–Crippen MR) is 151 cm³/mol. The van der Waals surface area contributed by atoms with Gasteiger partial charge in [0.05, 0.1) is 12.7 Å². The monoisotopic (exact) mass is 502 g/mol. The second kappa shape index (κ2) is 11.9. The van der Waals surface area contributed by atoms with Gasteiger partial charge in [-0.15, -0.1) is 0 Å². The zero-order chi connectivity index (χ0) is 25.6. The van der Waals surface area contributed by atoms with Crippen molar-refractivity contribution in [1.82, 2.24) is 0 Å². The second-order valence-corrected chi connectivity index (χ2v) is 15.0. The summed E-state index contributed by atoms with van der Waals surface area (Å²) in [7, 11) is -2.98. The van der Waals surface area contributed by atoms with Crippen molar-refractivity contribution < 1.29 is 14.6 Å². The van der Waals surface area contributed by atoms with Crippen LogP contribution in [0, 0.1) is 5.92 Å². The lowest BCUT2D eigenvalue weighted by atomic mass is 9.82. The number of aliphatic hydroxyl groups is 1. The summed E-state index contributed by atoms with van der Waals surface area (Å²) in [6, 6.07) is 29.0. The lowest BCUT2D eigenvalue weighted by Crippen LogP contribution is -2.65. The first kappa shape index (κ1) is 26.8. The Morgan fingerprint density at radius 1 is 0.833 bits per heavy atom. The van der Waals surface area contributed by atoms with Crippen molar-refractivity contribution in [1.29, 1.82) is 0 Å². The molecule has 1 aliphatic carbocycles. The molecule has 0 heterocycles. The van der Waals surface area contributed by atoms with Gasteiger partial charge in [-0.2, -0.15) is 0 Å². The third-order valence-electron chi connectivity index (χ3n) is 8.26. The van der Waals surface area contributed by atoms with Gasteiger partial charge in [-0.1, -0.05) is 106 Å². The van der Waals surface area contributed by atoms with E-state index < -0.39 is 8.32 Å². The van der Waals surface area contributed by atoms with Crippen molar-refractivity contribution in [2.24, 2.45) is 5.92 Å². The topological polar surface area (TPSA) is 49.7 Å². The molecule has 1 fully saturated rings. The molecule has 36 heavy (non-hydrogen) atoms. The maximum absolute atomic E-state index is 12.5. The van der Waals surface area contributed by atoms with E-state index in [2.05, 4.69) is 63.2 Å². The van der Waals surface area contributed by atoms with Gasteiger partial charge in [-0.05, 0) is 71.0 Å². The molecule has 2 N–H and O–H groups in total. The van der Waals surface area contributed by atoms with Crippen LogP contribution < -0.4 is 10.4 Å². The van der Waals surface area contributed by atoms with E-state index in [1.807, 2.05) is 42.5 Å². The second-order valence-electron chi connectivity index (χ2n) is 11.0. The van der Waals surface area contributed by atoms with Gasteiger partial charge in [0, 0.05) is 0 Å². The molecule has 0 aliphatic heterocycles. The quantitative estimate of drug-likeness (QED) is 0.346. The van der Waals surface area contributed by atoms with E-state index in [0.717, 1.165) is 54.5 Å². The highest BCUT2D eigenvalue weighted by Gasteiger charge is 2.50. The number of hydrogen-bond acceptors (Lipinski definition) is 3. The van der Waals surface area contributed by atoms with Crippen LogP contribution in [0.4, 0.5) is 0 Å². The Morgan fingerprint density at radius 2 is 1.36 bits per heavy atom. The highest BCUT2D eigenvalue weighted by molar-refractivity contribution is 6.98. The minimum atomic E-state index is -2.98. The highest BCUT2D eigenvalue weighted by Crippen LogP contribution is 2.45. The van der Waals surface area contributed by atoms with E-state index >= 15 is 0 Å². The maximum atomic E-state index is 12.5. The molecule has 4 rings (SSSR count). The van der Waals surface area contributed by atoms with E-state index in [1.54, 1.807) is 0 Å². The van der Waals surface area contributed by atoms with Gasteiger partial charge in [0.2, 0.25) is 0 Å². The maximum Gasteiger partial charge on any atom is 0.258 e. The summed E-state index contributed by atoms with van der Waals surface area (Å²) < 4.78 is 6.46. The molecule has 0 aromatic heterocycles. The summed E-state index contributed by atoms with van der Waals surface area (Å²) in [5.74, 6) is 0.557. The number of ether oxygens (including phenoxy) is 1. The van der Waals surface area contributed by atoms with Gasteiger partial charge in [0.1, 0.15) is 6.10 Å². The molecule has 1 aliphatic rings. The van der Waals surface area contributed by atoms with Crippen LogP contribution in [0.2, 0.25) is 5.04 Å². The van der Waals surface area contributed by atoms with Crippen LogP contribution in [0.3, 0.4) is 0 Å². The molecular formula is C32H42O3Si. The first-order valence-electron chi connectivity index (χ1n) is 13.6. The minimum Gasteiger partial charge on any atom is -0.424 e. The summed E-state index contributed by atoms with van der Waals surface area (Å²) >= 11 is 0. The molecule has 0 bridgehead atoms. The summed E-state index contributed by atoms with van der Waals surface area (Å²) in [6.07, 6.45) is 6.04. The average Bonchev–Trinajstić information content (AvgIpc) is 2.93. The number of rotatable bonds is 10. The standard InChI is InChI=1S/C32H42O3Si/c1-4-26-13-11-12-18-30(26)31(24-33)35-27-21-19-25(20-22-27)23-32(2,3)36(34,28-14-7-5-8-15-28)29-16-9-6-10-17-29/h5-18,25,27,31,33-34H,4,19-24H2,1-3H3/t25?,27?,31-/m0/s1. The Kier molecular flexibility index (Phi) is 8.84. The van der Waals surface area contributed by atoms with E-state index in [1.165, 1.54) is 5.56 Å². The lowest BCUT2D eigenvalue weighted by Gasteiger charge is -2.44. The molecule has 0 saturated heterocycles. The van der Waals surface area contributed by atoms with Crippen molar-refractivity contribution in [2.45, 2.75) is 76.5 Å². The van der Waals surface area contributed by atoms with Crippen LogP contribution in [-0.4, -0.2) is 30.9 Å². The minimum absolute atomic E-state index is 0.0107. The Labute approximate surface area is 218 Å². The lowest BCUT2D eigenvalue weighted by molar-refractivity contribution is -0.0614. The van der Waals surface area contributed by atoms with E-state index in [4.69, 9.17) is 4.74 Å². The molecule has 0 spiro atoms. The molecule has 1 atom stereocenters. The molecule has 3 nitrogen and oxygen atoms in total. The molecule has 1 saturated carbocycles. The van der Waals surface area contributed by atoms with Crippen LogP contribution >= 0.6 is 0 Å². The van der Waals surface area contributed by atoms with Crippen LogP contribution in [0.5, 0.6) is 0 Å². The number of aryl methyl sites for hydroxylation is 1. The number of hydrogen-bond donors (Lipinski definition) is 2. The third-order valence-corrected chi connectivity index (χ3v) is 12.8. The van der Waals surface area contributed by atoms with Crippen molar-refractivity contribution >= 4 is 18.7 Å². The molecule has 3 aromatic carbocycles. The van der Waals surface area contributed by atoms with Crippen molar-refractivity contribution in [2.75, 3.05) is 6.61 Å². The molecule has 4 heteroatoms. The summed E-state index contributed by atoms with van der Waals surface area (Å²) in [5.41, 5.74) is 2.37. The molecule has 192 valence electrons. The highest BCUT2D eigenvalue weighted by atomic mass is 28.4. The van der Waals surface area contributed by atoms with Crippen molar-refractivity contribution in [3.8, 4) is 0 Å². The SMILES string of the molecule is CCc1ccccc1[C@H](CO)OC1CCC(CC(C)(C)[Si](O)(c2ccccc2)c2ccccc2)CC1. The number of aliphatic hydroxyl groups excluding tert-OH is 1. The smallest absolute Gasteiger partial charge is 0.258 e. The van der Waals surface area contributed by atoms with Gasteiger partial charge in [0.15, 0.2) is 0 Å². The van der Waals surface area contributed by atoms with Crippen LogP contribution in [0.15, 0.2) is 84.9 Å². The van der Waals surface area contributed by atoms with Crippen LogP contribution in [0.25, 0.3) is 0 Å². The first-order chi connectivity index (χ1) is 17.4. The summed E-state index contributed by atoms with van der Waals surface area (Å²) in [6.45, 7) is 6.70. The fraction of sp³-hybridized carbons (Fsp3) is 0.438. The normalized spacial score (nSPS) is 19.7. The predicted octanol–water partition coefficient (Wildman–Crippen LogP) is 5.78. The molecule has 0 radical (unpaired) electrons. The fourth-order valence-corrected chi connectivity index (χ4v) is 10.1. The van der Waals surface area contributed by atoms with Crippen molar-refractivity contribution in [3.05, 3.63) is 96.1 Å². The summed E-state index contributed by atoms with van der Waals surface area (Å²) in [4.78, 5) is 12.5. The number of benzene rings is 3. The van der Waals surface area contributed by atoms with E-state index in [-0.39, 0.29) is 23.9 Å². The van der Waals surface area contributed by atoms with Gasteiger partial charge in [-0.3, -0.25) is 0 Å². The van der Waals surface area contributed by atoms with E-state index in [0.29, 0.717) is 5.92 Å². The molecule has 0 amide bonds. The summed E-state index contributed by atoms with van der Waals surface area (Å²) in [5, 5.41) is 12.0. The Bertz CT molecular complexity index is 1040. The van der Waals surface area contributed by atoms with Gasteiger partial charge in [0.25, 0.3) is 8.32 Å². The zero-order valence-corrected chi connectivity index (χ0v) is 23.1. The third kappa shape index (κ3) is 5.68. The van der Waals surface area contributed by atoms with Crippen molar-refractivity contribution in [3.63, 3.8) is 0 Å². The van der Waals surface area contributed by atoms with Gasteiger partial charge >= 0.3 is 0 Å². The largest absolute Gasteiger partial charge is 0.424 e. The Hall–Kier alpha value is -2.24. The molecule has 3 aromatic rings. The fourth-order valence-electron chi connectivity index (χ4n) is 6.27. The van der Waals surface area contributed by atoms with Gasteiger partial charge in [-0.25, -0.2) is 0 Å². The van der Waals surface area contributed by atoms with E-state index in [9.17, 15) is 9.90 Å².